The zero-order valence-corrected chi connectivity index (χ0v) is 9.62. The lowest BCUT2D eigenvalue weighted by Gasteiger charge is -2.19. The summed E-state index contributed by atoms with van der Waals surface area (Å²) in [5.74, 6) is 1.39. The average molecular weight is 232 g/mol. The Morgan fingerprint density at radius 3 is 2.31 bits per heavy atom. The molecule has 0 saturated carbocycles. The predicted molar refractivity (Wildman–Crippen MR) is 61.0 cm³/mol. The van der Waals surface area contributed by atoms with Gasteiger partial charge in [-0.3, -0.25) is 4.99 Å². The number of guanidine groups is 1. The summed E-state index contributed by atoms with van der Waals surface area (Å²) in [6.45, 7) is 7.29. The van der Waals surface area contributed by atoms with E-state index in [1.165, 1.54) is 0 Å². The first-order chi connectivity index (χ1) is 4.70. The Labute approximate surface area is 91.7 Å². The highest BCUT2D eigenvalue weighted by atomic mass is 35.5. The average Bonchev–Trinajstić information content (AvgIpc) is 2.15. The molecule has 0 aromatic carbocycles. The molecule has 0 aromatic rings. The van der Waals surface area contributed by atoms with Crippen molar-refractivity contribution in [1.29, 1.82) is 0 Å². The number of aliphatic imine (C=N–C) groups is 1. The van der Waals surface area contributed by atoms with Gasteiger partial charge in [-0.2, -0.15) is 0 Å². The molecule has 4 nitrogen and oxygen atoms in total. The standard InChI is InChI=1S/C7H15N3.2ClH.H2O/c1-6(2)5-10-4-3-9-7(10)8;;;/h6H,3-5H2,1-2H3,(H2,8,9);2*1H;1H2. The molecule has 0 saturated heterocycles. The molecule has 4 N–H and O–H groups in total. The van der Waals surface area contributed by atoms with Gasteiger partial charge in [0.2, 0.25) is 0 Å². The zero-order valence-electron chi connectivity index (χ0n) is 7.99. The Bertz CT molecular complexity index is 153. The molecule has 1 aliphatic rings. The maximum atomic E-state index is 5.60. The maximum Gasteiger partial charge on any atom is 0.191 e. The van der Waals surface area contributed by atoms with E-state index in [9.17, 15) is 0 Å². The van der Waals surface area contributed by atoms with E-state index in [1.807, 2.05) is 0 Å². The summed E-state index contributed by atoms with van der Waals surface area (Å²) in [6.07, 6.45) is 0. The van der Waals surface area contributed by atoms with Crippen LogP contribution in [0.3, 0.4) is 0 Å². The van der Waals surface area contributed by atoms with Crippen molar-refractivity contribution in [2.75, 3.05) is 19.6 Å². The van der Waals surface area contributed by atoms with Crippen LogP contribution < -0.4 is 5.73 Å². The zero-order chi connectivity index (χ0) is 7.56. The molecule has 0 radical (unpaired) electrons. The fourth-order valence-electron chi connectivity index (χ4n) is 1.13. The Morgan fingerprint density at radius 1 is 1.46 bits per heavy atom. The normalized spacial score (nSPS) is 14.1. The summed E-state index contributed by atoms with van der Waals surface area (Å²) in [4.78, 5) is 6.22. The van der Waals surface area contributed by atoms with E-state index in [2.05, 4.69) is 23.7 Å². The second-order valence-electron chi connectivity index (χ2n) is 3.08. The van der Waals surface area contributed by atoms with Gasteiger partial charge in [0.15, 0.2) is 5.96 Å². The van der Waals surface area contributed by atoms with Crippen LogP contribution in [0.15, 0.2) is 4.99 Å². The van der Waals surface area contributed by atoms with Crippen LogP contribution >= 0.6 is 24.8 Å². The highest BCUT2D eigenvalue weighted by Crippen LogP contribution is 2.02. The lowest BCUT2D eigenvalue weighted by atomic mass is 10.2. The molecule has 0 amide bonds. The van der Waals surface area contributed by atoms with E-state index in [-0.39, 0.29) is 30.3 Å². The van der Waals surface area contributed by atoms with E-state index >= 15 is 0 Å². The molecular weight excluding hydrogens is 213 g/mol. The Kier molecular flexibility index (Phi) is 12.0. The molecule has 0 unspecified atom stereocenters. The molecule has 82 valence electrons. The van der Waals surface area contributed by atoms with Crippen molar-refractivity contribution in [3.8, 4) is 0 Å². The molecule has 0 atom stereocenters. The van der Waals surface area contributed by atoms with Gasteiger partial charge in [-0.25, -0.2) is 0 Å². The van der Waals surface area contributed by atoms with Gasteiger partial charge in [0.05, 0.1) is 6.54 Å². The molecule has 0 fully saturated rings. The second kappa shape index (κ2) is 8.41. The summed E-state index contributed by atoms with van der Waals surface area (Å²) in [7, 11) is 0. The highest BCUT2D eigenvalue weighted by molar-refractivity contribution is 5.85. The number of halogens is 2. The van der Waals surface area contributed by atoms with E-state index in [4.69, 9.17) is 5.73 Å². The van der Waals surface area contributed by atoms with Gasteiger partial charge in [0.1, 0.15) is 0 Å². The van der Waals surface area contributed by atoms with Crippen molar-refractivity contribution in [3.05, 3.63) is 0 Å². The minimum Gasteiger partial charge on any atom is -0.412 e. The topological polar surface area (TPSA) is 73.1 Å². The highest BCUT2D eigenvalue weighted by Gasteiger charge is 2.13. The Morgan fingerprint density at radius 2 is 2.00 bits per heavy atom. The van der Waals surface area contributed by atoms with E-state index in [1.54, 1.807) is 0 Å². The smallest absolute Gasteiger partial charge is 0.191 e. The van der Waals surface area contributed by atoms with Crippen molar-refractivity contribution < 1.29 is 5.48 Å². The van der Waals surface area contributed by atoms with Crippen LogP contribution in [0.25, 0.3) is 0 Å². The molecule has 1 aliphatic heterocycles. The van der Waals surface area contributed by atoms with E-state index in [0.717, 1.165) is 19.6 Å². The van der Waals surface area contributed by atoms with Gasteiger partial charge in [0, 0.05) is 13.1 Å². The van der Waals surface area contributed by atoms with Crippen LogP contribution in [0.4, 0.5) is 0 Å². The molecule has 13 heavy (non-hydrogen) atoms. The summed E-state index contributed by atoms with van der Waals surface area (Å²) in [6, 6.07) is 0. The SMILES string of the molecule is CC(C)CN1CCN=C1N.Cl.Cl.O. The number of nitrogens with two attached hydrogens (primary N) is 1. The fraction of sp³-hybridized carbons (Fsp3) is 0.857. The van der Waals surface area contributed by atoms with Crippen LogP contribution in [0.2, 0.25) is 0 Å². The van der Waals surface area contributed by atoms with Gasteiger partial charge in [0.25, 0.3) is 0 Å². The summed E-state index contributed by atoms with van der Waals surface area (Å²) < 4.78 is 0. The van der Waals surface area contributed by atoms with Crippen LogP contribution in [0.5, 0.6) is 0 Å². The first-order valence-corrected chi connectivity index (χ1v) is 3.75. The fourth-order valence-corrected chi connectivity index (χ4v) is 1.13. The second-order valence-corrected chi connectivity index (χ2v) is 3.08. The van der Waals surface area contributed by atoms with Gasteiger partial charge in [-0.05, 0) is 5.92 Å². The third-order valence-corrected chi connectivity index (χ3v) is 1.55. The van der Waals surface area contributed by atoms with E-state index < -0.39 is 0 Å². The monoisotopic (exact) mass is 231 g/mol. The van der Waals surface area contributed by atoms with Gasteiger partial charge in [-0.15, -0.1) is 24.8 Å². The Hall–Kier alpha value is -0.190. The first kappa shape index (κ1) is 18.6. The number of hydrogen-bond donors (Lipinski definition) is 1. The van der Waals surface area contributed by atoms with Gasteiger partial charge >= 0.3 is 0 Å². The molecule has 0 spiro atoms. The van der Waals surface area contributed by atoms with Crippen molar-refractivity contribution in [3.63, 3.8) is 0 Å². The Balaban J connectivity index is -0.000000333. The third-order valence-electron chi connectivity index (χ3n) is 1.55. The quantitative estimate of drug-likeness (QED) is 0.743. The summed E-state index contributed by atoms with van der Waals surface area (Å²) >= 11 is 0. The molecule has 6 heteroatoms. The number of nitrogens with zero attached hydrogens (tertiary/aromatic N) is 2. The first-order valence-electron chi connectivity index (χ1n) is 3.75. The predicted octanol–water partition coefficient (Wildman–Crippen LogP) is 0.292. The van der Waals surface area contributed by atoms with Crippen molar-refractivity contribution in [1.82, 2.24) is 4.90 Å². The van der Waals surface area contributed by atoms with Crippen LogP contribution in [-0.4, -0.2) is 36.0 Å². The number of hydrogen-bond acceptors (Lipinski definition) is 3. The molecule has 1 heterocycles. The molecule has 0 aliphatic carbocycles. The van der Waals surface area contributed by atoms with Gasteiger partial charge in [-0.1, -0.05) is 13.8 Å². The molecule has 0 bridgehead atoms. The third kappa shape index (κ3) is 5.96. The van der Waals surface area contributed by atoms with Gasteiger partial charge < -0.3 is 16.1 Å². The van der Waals surface area contributed by atoms with Crippen LogP contribution in [0.1, 0.15) is 13.8 Å². The minimum atomic E-state index is 0. The molecular formula is C7H19Cl2N3O. The van der Waals surface area contributed by atoms with Crippen molar-refractivity contribution in [2.45, 2.75) is 13.8 Å². The minimum absolute atomic E-state index is 0. The lowest BCUT2D eigenvalue weighted by molar-refractivity contribution is 0.390. The summed E-state index contributed by atoms with van der Waals surface area (Å²) in [5.41, 5.74) is 5.60. The lowest BCUT2D eigenvalue weighted by Crippen LogP contribution is -2.36. The molecule has 1 rings (SSSR count). The maximum absolute atomic E-state index is 5.60. The van der Waals surface area contributed by atoms with Crippen LogP contribution in [0, 0.1) is 5.92 Å². The molecule has 0 aromatic heterocycles. The summed E-state index contributed by atoms with van der Waals surface area (Å²) in [5, 5.41) is 0. The number of rotatable bonds is 2. The van der Waals surface area contributed by atoms with Crippen LogP contribution in [-0.2, 0) is 0 Å². The van der Waals surface area contributed by atoms with E-state index in [0.29, 0.717) is 11.9 Å². The largest absolute Gasteiger partial charge is 0.412 e. The van der Waals surface area contributed by atoms with Crippen molar-refractivity contribution in [2.24, 2.45) is 16.6 Å². The van der Waals surface area contributed by atoms with Crippen molar-refractivity contribution >= 4 is 30.8 Å².